The number of anilines is 1. The second-order valence-corrected chi connectivity index (χ2v) is 3.94. The summed E-state index contributed by atoms with van der Waals surface area (Å²) >= 11 is 0. The van der Waals surface area contributed by atoms with Gasteiger partial charge in [-0.05, 0) is 30.5 Å². The zero-order valence-corrected chi connectivity index (χ0v) is 10.8. The van der Waals surface area contributed by atoms with Gasteiger partial charge >= 0.3 is 6.18 Å². The summed E-state index contributed by atoms with van der Waals surface area (Å²) in [7, 11) is 1.52. The molecule has 0 unspecified atom stereocenters. The van der Waals surface area contributed by atoms with E-state index in [1.54, 1.807) is 12.1 Å². The Morgan fingerprint density at radius 1 is 1.17 bits per heavy atom. The number of benzene rings is 1. The Morgan fingerprint density at radius 2 is 1.72 bits per heavy atom. The first-order valence-corrected chi connectivity index (χ1v) is 5.85. The third-order valence-electron chi connectivity index (χ3n) is 2.65. The molecule has 100 valence electrons. The molecule has 0 aliphatic carbocycles. The van der Waals surface area contributed by atoms with Crippen molar-refractivity contribution in [3.8, 4) is 0 Å². The average molecular weight is 258 g/mol. The van der Waals surface area contributed by atoms with Gasteiger partial charge in [0.2, 0.25) is 0 Å². The maximum Gasteiger partial charge on any atom is 0.431 e. The zero-order valence-electron chi connectivity index (χ0n) is 10.8. The van der Waals surface area contributed by atoms with E-state index in [0.29, 0.717) is 5.69 Å². The fourth-order valence-electron chi connectivity index (χ4n) is 1.51. The van der Waals surface area contributed by atoms with E-state index >= 15 is 0 Å². The molecule has 1 aromatic carbocycles. The highest BCUT2D eigenvalue weighted by molar-refractivity contribution is 5.90. The largest absolute Gasteiger partial charge is 0.431 e. The van der Waals surface area contributed by atoms with Crippen LogP contribution in [0.3, 0.4) is 0 Å². The Morgan fingerprint density at radius 3 is 2.11 bits per heavy atom. The fourth-order valence-corrected chi connectivity index (χ4v) is 1.51. The smallest absolute Gasteiger partial charge is 0.268 e. The molecule has 0 saturated carbocycles. The lowest BCUT2D eigenvalue weighted by molar-refractivity contribution is -0.0605. The summed E-state index contributed by atoms with van der Waals surface area (Å²) in [5.74, 6) is 0. The Labute approximate surface area is 105 Å². The number of halogens is 3. The highest BCUT2D eigenvalue weighted by Gasteiger charge is 2.34. The summed E-state index contributed by atoms with van der Waals surface area (Å²) < 4.78 is 37.7. The molecule has 0 aromatic heterocycles. The van der Waals surface area contributed by atoms with E-state index in [-0.39, 0.29) is 6.42 Å². The molecule has 0 amide bonds. The first-order chi connectivity index (χ1) is 8.38. The van der Waals surface area contributed by atoms with Gasteiger partial charge in [0.1, 0.15) is 5.71 Å². The first-order valence-electron chi connectivity index (χ1n) is 5.85. The van der Waals surface area contributed by atoms with Gasteiger partial charge in [0.25, 0.3) is 0 Å². The van der Waals surface area contributed by atoms with E-state index in [1.807, 2.05) is 19.1 Å². The molecule has 18 heavy (non-hydrogen) atoms. The van der Waals surface area contributed by atoms with E-state index in [0.717, 1.165) is 12.0 Å². The molecule has 0 aliphatic rings. The molecule has 0 bridgehead atoms. The van der Waals surface area contributed by atoms with Crippen LogP contribution >= 0.6 is 0 Å². The van der Waals surface area contributed by atoms with Gasteiger partial charge in [0, 0.05) is 7.05 Å². The number of hydrazone groups is 1. The SMILES string of the molecule is CC/C(=N\N(C)c1ccc(CC)cc1)C(F)(F)F. The van der Waals surface area contributed by atoms with Crippen molar-refractivity contribution in [2.45, 2.75) is 32.9 Å². The van der Waals surface area contributed by atoms with Crippen LogP contribution in [0.5, 0.6) is 0 Å². The molecule has 0 atom stereocenters. The van der Waals surface area contributed by atoms with Crippen molar-refractivity contribution in [2.75, 3.05) is 12.1 Å². The molecule has 5 heteroatoms. The molecule has 0 heterocycles. The van der Waals surface area contributed by atoms with E-state index in [2.05, 4.69) is 5.10 Å². The second-order valence-electron chi connectivity index (χ2n) is 3.94. The summed E-state index contributed by atoms with van der Waals surface area (Å²) in [6, 6.07) is 7.32. The number of alkyl halides is 3. The summed E-state index contributed by atoms with van der Waals surface area (Å²) in [6.45, 7) is 3.47. The van der Waals surface area contributed by atoms with E-state index in [1.165, 1.54) is 19.0 Å². The minimum Gasteiger partial charge on any atom is -0.268 e. The molecule has 0 saturated heterocycles. The molecule has 1 aromatic rings. The average Bonchev–Trinajstić information content (AvgIpc) is 2.34. The summed E-state index contributed by atoms with van der Waals surface area (Å²) in [4.78, 5) is 0. The van der Waals surface area contributed by atoms with E-state index < -0.39 is 11.9 Å². The van der Waals surface area contributed by atoms with Crippen LogP contribution in [-0.2, 0) is 6.42 Å². The predicted molar refractivity (Wildman–Crippen MR) is 68.0 cm³/mol. The van der Waals surface area contributed by atoms with Crippen LogP contribution in [0.4, 0.5) is 18.9 Å². The summed E-state index contributed by atoms with van der Waals surface area (Å²) in [5, 5.41) is 4.87. The Kier molecular flexibility index (Phi) is 4.76. The van der Waals surface area contributed by atoms with Gasteiger partial charge in [-0.1, -0.05) is 26.0 Å². The Bertz CT molecular complexity index is 407. The van der Waals surface area contributed by atoms with Crippen molar-refractivity contribution in [1.82, 2.24) is 0 Å². The van der Waals surface area contributed by atoms with Gasteiger partial charge in [-0.25, -0.2) is 0 Å². The molecule has 2 nitrogen and oxygen atoms in total. The minimum absolute atomic E-state index is 0.138. The van der Waals surface area contributed by atoms with Crippen LogP contribution in [0.15, 0.2) is 29.4 Å². The van der Waals surface area contributed by atoms with Crippen molar-refractivity contribution in [3.63, 3.8) is 0 Å². The van der Waals surface area contributed by atoms with E-state index in [9.17, 15) is 13.2 Å². The molecular formula is C13H17F3N2. The van der Waals surface area contributed by atoms with Crippen LogP contribution < -0.4 is 5.01 Å². The fraction of sp³-hybridized carbons (Fsp3) is 0.462. The standard InChI is InChI=1S/C13H17F3N2/c1-4-10-6-8-11(9-7-10)18(3)17-12(5-2)13(14,15)16/h6-9H,4-5H2,1-3H3/b17-12+. The summed E-state index contributed by atoms with van der Waals surface area (Å²) in [6.07, 6.45) is -3.61. The van der Waals surface area contributed by atoms with Crippen molar-refractivity contribution < 1.29 is 13.2 Å². The van der Waals surface area contributed by atoms with Gasteiger partial charge in [0.15, 0.2) is 0 Å². The first kappa shape index (κ1) is 14.5. The zero-order chi connectivity index (χ0) is 13.8. The quantitative estimate of drug-likeness (QED) is 0.588. The lowest BCUT2D eigenvalue weighted by atomic mass is 10.1. The molecule has 0 radical (unpaired) electrons. The molecule has 0 aliphatic heterocycles. The van der Waals surface area contributed by atoms with Gasteiger partial charge in [-0.2, -0.15) is 18.3 Å². The maximum atomic E-state index is 12.6. The van der Waals surface area contributed by atoms with Crippen LogP contribution in [0.1, 0.15) is 25.8 Å². The van der Waals surface area contributed by atoms with Gasteiger partial charge in [0.05, 0.1) is 5.69 Å². The van der Waals surface area contributed by atoms with E-state index in [4.69, 9.17) is 0 Å². The normalized spacial score (nSPS) is 12.7. The van der Waals surface area contributed by atoms with Crippen molar-refractivity contribution in [2.24, 2.45) is 5.10 Å². The number of nitrogens with zero attached hydrogens (tertiary/aromatic N) is 2. The molecule has 0 spiro atoms. The molecule has 0 N–H and O–H groups in total. The number of aryl methyl sites for hydroxylation is 1. The van der Waals surface area contributed by atoms with Crippen LogP contribution in [0.2, 0.25) is 0 Å². The molecule has 1 rings (SSSR count). The highest BCUT2D eigenvalue weighted by Crippen LogP contribution is 2.21. The van der Waals surface area contributed by atoms with Crippen molar-refractivity contribution in [3.05, 3.63) is 29.8 Å². The van der Waals surface area contributed by atoms with Gasteiger partial charge in [-0.15, -0.1) is 0 Å². The van der Waals surface area contributed by atoms with Crippen LogP contribution in [0, 0.1) is 0 Å². The second kappa shape index (κ2) is 5.89. The van der Waals surface area contributed by atoms with Crippen molar-refractivity contribution in [1.29, 1.82) is 0 Å². The lowest BCUT2D eigenvalue weighted by Gasteiger charge is -2.17. The molecule has 0 fully saturated rings. The highest BCUT2D eigenvalue weighted by atomic mass is 19.4. The monoisotopic (exact) mass is 258 g/mol. The lowest BCUT2D eigenvalue weighted by Crippen LogP contribution is -2.26. The third-order valence-corrected chi connectivity index (χ3v) is 2.65. The number of rotatable bonds is 4. The molecular weight excluding hydrogens is 241 g/mol. The summed E-state index contributed by atoms with van der Waals surface area (Å²) in [5.41, 5.74) is 1.01. The van der Waals surface area contributed by atoms with Gasteiger partial charge < -0.3 is 0 Å². The Hall–Kier alpha value is -1.52. The van der Waals surface area contributed by atoms with Gasteiger partial charge in [-0.3, -0.25) is 5.01 Å². The number of hydrogen-bond acceptors (Lipinski definition) is 2. The van der Waals surface area contributed by atoms with Crippen LogP contribution in [-0.4, -0.2) is 18.9 Å². The topological polar surface area (TPSA) is 15.6 Å². The predicted octanol–water partition coefficient (Wildman–Crippen LogP) is 4.01. The van der Waals surface area contributed by atoms with Crippen molar-refractivity contribution >= 4 is 11.4 Å². The third kappa shape index (κ3) is 3.75. The Balaban J connectivity index is 2.92. The maximum absolute atomic E-state index is 12.6. The minimum atomic E-state index is -4.37. The van der Waals surface area contributed by atoms with Crippen LogP contribution in [0.25, 0.3) is 0 Å². The number of hydrogen-bond donors (Lipinski definition) is 0.